The average Bonchev–Trinajstić information content (AvgIpc) is 3.01. The number of amides is 4. The van der Waals surface area contributed by atoms with Gasteiger partial charge in [0.1, 0.15) is 12.1 Å². The molecule has 5 atom stereocenters. The Hall–Kier alpha value is -2.16. The first-order valence-electron chi connectivity index (χ1n) is 10.7. The summed E-state index contributed by atoms with van der Waals surface area (Å²) >= 11 is 0. The number of rotatable bonds is 6. The van der Waals surface area contributed by atoms with Crippen molar-refractivity contribution >= 4 is 23.6 Å². The summed E-state index contributed by atoms with van der Waals surface area (Å²) in [6.45, 7) is 10.9. The van der Waals surface area contributed by atoms with Gasteiger partial charge in [-0.05, 0) is 29.1 Å². The van der Waals surface area contributed by atoms with E-state index in [4.69, 9.17) is 11.5 Å². The number of primary amides is 1. The summed E-state index contributed by atoms with van der Waals surface area (Å²) in [5.74, 6) is -1.18. The maximum absolute atomic E-state index is 13.3. The zero-order valence-electron chi connectivity index (χ0n) is 18.6. The summed E-state index contributed by atoms with van der Waals surface area (Å²) in [7, 11) is 0. The standard InChI is InChI=1S/C21H35N5O4/c1-20(2,3)16(22)19(30)26-9-11-14(21(11,4)5)15(26)18(29)24-12(17(23)28)10-25-8-6-7-13(25)27/h11-12,14-16H,6-10,22H2,1-5H3,(H2,23,28)(H,24,29)/t11?,12?,14?,15?,16-/m1/s1. The van der Waals surface area contributed by atoms with E-state index < -0.39 is 35.4 Å². The largest absolute Gasteiger partial charge is 0.368 e. The van der Waals surface area contributed by atoms with Crippen molar-refractivity contribution < 1.29 is 19.2 Å². The number of nitrogens with one attached hydrogen (secondary N) is 1. The van der Waals surface area contributed by atoms with Gasteiger partial charge in [-0.3, -0.25) is 19.2 Å². The van der Waals surface area contributed by atoms with Crippen LogP contribution in [-0.2, 0) is 19.2 Å². The van der Waals surface area contributed by atoms with Crippen molar-refractivity contribution in [2.75, 3.05) is 19.6 Å². The molecule has 2 saturated heterocycles. The second-order valence-corrected chi connectivity index (χ2v) is 10.6. The molecule has 30 heavy (non-hydrogen) atoms. The molecule has 0 aromatic heterocycles. The minimum Gasteiger partial charge on any atom is -0.368 e. The van der Waals surface area contributed by atoms with Gasteiger partial charge in [-0.25, -0.2) is 0 Å². The molecule has 3 rings (SSSR count). The van der Waals surface area contributed by atoms with Gasteiger partial charge in [-0.2, -0.15) is 0 Å². The number of carbonyl (C=O) groups excluding carboxylic acids is 4. The average molecular weight is 422 g/mol. The number of carbonyl (C=O) groups is 4. The number of nitrogens with two attached hydrogens (primary N) is 2. The molecule has 0 aromatic rings. The van der Waals surface area contributed by atoms with Crippen molar-refractivity contribution in [2.45, 2.75) is 65.6 Å². The second kappa shape index (κ2) is 7.51. The third kappa shape index (κ3) is 3.91. The van der Waals surface area contributed by atoms with Crippen LogP contribution in [0.4, 0.5) is 0 Å². The fraction of sp³-hybridized carbons (Fsp3) is 0.810. The minimum absolute atomic E-state index is 0.00978. The van der Waals surface area contributed by atoms with Gasteiger partial charge in [0, 0.05) is 26.1 Å². The summed E-state index contributed by atoms with van der Waals surface area (Å²) < 4.78 is 0. The van der Waals surface area contributed by atoms with Crippen LogP contribution in [0.3, 0.4) is 0 Å². The molecule has 2 heterocycles. The van der Waals surface area contributed by atoms with Crippen LogP contribution in [0.25, 0.3) is 0 Å². The van der Waals surface area contributed by atoms with Crippen LogP contribution in [0.5, 0.6) is 0 Å². The Balaban J connectivity index is 1.77. The zero-order valence-corrected chi connectivity index (χ0v) is 18.6. The Labute approximate surface area is 177 Å². The van der Waals surface area contributed by atoms with Crippen LogP contribution < -0.4 is 16.8 Å². The molecule has 0 aromatic carbocycles. The molecule has 1 saturated carbocycles. The number of likely N-dealkylation sites (tertiary alicyclic amines) is 2. The zero-order chi connectivity index (χ0) is 22.6. The van der Waals surface area contributed by atoms with Crippen LogP contribution in [0.15, 0.2) is 0 Å². The lowest BCUT2D eigenvalue weighted by atomic mass is 9.86. The Morgan fingerprint density at radius 2 is 1.90 bits per heavy atom. The quantitative estimate of drug-likeness (QED) is 0.527. The summed E-state index contributed by atoms with van der Waals surface area (Å²) in [5, 5.41) is 2.72. The lowest BCUT2D eigenvalue weighted by Gasteiger charge is -2.36. The maximum atomic E-state index is 13.3. The number of fused-ring (bicyclic) bond motifs is 1. The lowest BCUT2D eigenvalue weighted by Crippen LogP contribution is -2.60. The first kappa shape index (κ1) is 22.5. The maximum Gasteiger partial charge on any atom is 0.243 e. The minimum atomic E-state index is -0.992. The summed E-state index contributed by atoms with van der Waals surface area (Å²) in [6.07, 6.45) is 1.17. The summed E-state index contributed by atoms with van der Waals surface area (Å²) in [4.78, 5) is 53.4. The molecule has 4 unspecified atom stereocenters. The summed E-state index contributed by atoms with van der Waals surface area (Å²) in [6, 6.07) is -2.42. The number of piperidine rings is 1. The highest BCUT2D eigenvalue weighted by molar-refractivity contribution is 5.94. The molecule has 5 N–H and O–H groups in total. The normalized spacial score (nSPS) is 29.4. The Morgan fingerprint density at radius 3 is 2.40 bits per heavy atom. The van der Waals surface area contributed by atoms with Crippen LogP contribution in [0.2, 0.25) is 0 Å². The summed E-state index contributed by atoms with van der Waals surface area (Å²) in [5.41, 5.74) is 11.2. The molecule has 1 aliphatic carbocycles. The molecule has 4 amide bonds. The van der Waals surface area contributed by atoms with Gasteiger partial charge in [-0.15, -0.1) is 0 Å². The van der Waals surface area contributed by atoms with Crippen LogP contribution >= 0.6 is 0 Å². The number of hydrogen-bond donors (Lipinski definition) is 3. The van der Waals surface area contributed by atoms with Crippen molar-refractivity contribution in [1.82, 2.24) is 15.1 Å². The van der Waals surface area contributed by atoms with E-state index in [0.717, 1.165) is 6.42 Å². The molecular formula is C21H35N5O4. The topological polar surface area (TPSA) is 139 Å². The highest BCUT2D eigenvalue weighted by atomic mass is 16.2. The highest BCUT2D eigenvalue weighted by Gasteiger charge is 2.69. The molecule has 0 spiro atoms. The van der Waals surface area contributed by atoms with E-state index in [2.05, 4.69) is 19.2 Å². The molecule has 9 heteroatoms. The third-order valence-electron chi connectivity index (χ3n) is 7.19. The van der Waals surface area contributed by atoms with Gasteiger partial charge in [0.25, 0.3) is 0 Å². The Morgan fingerprint density at radius 1 is 1.27 bits per heavy atom. The monoisotopic (exact) mass is 421 g/mol. The van der Waals surface area contributed by atoms with E-state index in [1.54, 1.807) is 9.80 Å². The van der Waals surface area contributed by atoms with Gasteiger partial charge in [0.2, 0.25) is 23.6 Å². The molecule has 2 aliphatic heterocycles. The number of nitrogens with zero attached hydrogens (tertiary/aromatic N) is 2. The first-order valence-corrected chi connectivity index (χ1v) is 10.7. The van der Waals surface area contributed by atoms with Gasteiger partial charge < -0.3 is 26.6 Å². The fourth-order valence-electron chi connectivity index (χ4n) is 4.94. The molecule has 0 radical (unpaired) electrons. The first-order chi connectivity index (χ1) is 13.8. The lowest BCUT2D eigenvalue weighted by molar-refractivity contribution is -0.143. The smallest absolute Gasteiger partial charge is 0.243 e. The SMILES string of the molecule is CC1(C)C2CN(C(=O)[C@@H](N)C(C)(C)C)C(C(=O)NC(CN3CCCC3=O)C(N)=O)C21. The van der Waals surface area contributed by atoms with E-state index >= 15 is 0 Å². The molecule has 168 valence electrons. The van der Waals surface area contributed by atoms with Crippen LogP contribution in [-0.4, -0.2) is 71.2 Å². The van der Waals surface area contributed by atoms with E-state index in [-0.39, 0.29) is 35.6 Å². The molecule has 3 aliphatic rings. The van der Waals surface area contributed by atoms with E-state index in [1.165, 1.54) is 0 Å². The van der Waals surface area contributed by atoms with Gasteiger partial charge in [0.05, 0.1) is 6.04 Å². The van der Waals surface area contributed by atoms with Crippen molar-refractivity contribution in [3.05, 3.63) is 0 Å². The van der Waals surface area contributed by atoms with Crippen molar-refractivity contribution in [3.63, 3.8) is 0 Å². The third-order valence-corrected chi connectivity index (χ3v) is 7.19. The van der Waals surface area contributed by atoms with E-state index in [0.29, 0.717) is 19.5 Å². The van der Waals surface area contributed by atoms with E-state index in [9.17, 15) is 19.2 Å². The van der Waals surface area contributed by atoms with Gasteiger partial charge in [-0.1, -0.05) is 34.6 Å². The highest BCUT2D eigenvalue weighted by Crippen LogP contribution is 2.65. The number of hydrogen-bond acceptors (Lipinski definition) is 5. The van der Waals surface area contributed by atoms with Crippen molar-refractivity contribution in [1.29, 1.82) is 0 Å². The Kier molecular flexibility index (Phi) is 5.64. The van der Waals surface area contributed by atoms with Gasteiger partial charge >= 0.3 is 0 Å². The molecule has 9 nitrogen and oxygen atoms in total. The van der Waals surface area contributed by atoms with Crippen molar-refractivity contribution in [3.8, 4) is 0 Å². The fourth-order valence-corrected chi connectivity index (χ4v) is 4.94. The Bertz CT molecular complexity index is 759. The molecule has 0 bridgehead atoms. The molecule has 3 fully saturated rings. The predicted molar refractivity (Wildman–Crippen MR) is 111 cm³/mol. The second-order valence-electron chi connectivity index (χ2n) is 10.6. The van der Waals surface area contributed by atoms with Crippen LogP contribution in [0, 0.1) is 22.7 Å². The van der Waals surface area contributed by atoms with Crippen molar-refractivity contribution in [2.24, 2.45) is 34.1 Å². The van der Waals surface area contributed by atoms with Crippen LogP contribution in [0.1, 0.15) is 47.5 Å². The molecular weight excluding hydrogens is 386 g/mol. The van der Waals surface area contributed by atoms with E-state index in [1.807, 2.05) is 20.8 Å². The van der Waals surface area contributed by atoms with Gasteiger partial charge in [0.15, 0.2) is 0 Å². The predicted octanol–water partition coefficient (Wildman–Crippen LogP) is -0.565.